The van der Waals surface area contributed by atoms with Crippen LogP contribution in [-0.4, -0.2) is 60.8 Å². The number of nitrogens with one attached hydrogen (secondary N) is 1. The molecule has 130 valence electrons. The lowest BCUT2D eigenvalue weighted by atomic mass is 10.1. The molecule has 2 aromatic rings. The molecule has 3 rings (SSSR count). The quantitative estimate of drug-likeness (QED) is 0.923. The summed E-state index contributed by atoms with van der Waals surface area (Å²) in [5.41, 5.74) is 1.17. The van der Waals surface area contributed by atoms with Gasteiger partial charge in [-0.3, -0.25) is 14.7 Å². The number of piperazine rings is 1. The third-order valence-corrected chi connectivity index (χ3v) is 3.98. The predicted molar refractivity (Wildman–Crippen MR) is 96.4 cm³/mol. The van der Waals surface area contributed by atoms with Gasteiger partial charge in [0.1, 0.15) is 0 Å². The Kier molecular flexibility index (Phi) is 7.45. The summed E-state index contributed by atoms with van der Waals surface area (Å²) in [5.74, 6) is 0. The highest BCUT2D eigenvalue weighted by Crippen LogP contribution is 2.18. The lowest BCUT2D eigenvalue weighted by Crippen LogP contribution is -2.52. The highest BCUT2D eigenvalue weighted by molar-refractivity contribution is 5.45. The van der Waals surface area contributed by atoms with Crippen molar-refractivity contribution in [3.8, 4) is 0 Å². The zero-order valence-corrected chi connectivity index (χ0v) is 14.4. The van der Waals surface area contributed by atoms with E-state index in [0.717, 1.165) is 32.8 Å². The number of pyridine rings is 2. The Hall–Kier alpha value is -2.18. The molecular weight excluding hydrogens is 304 g/mol. The molecule has 6 nitrogen and oxygen atoms in total. The van der Waals surface area contributed by atoms with E-state index in [1.165, 1.54) is 11.8 Å². The van der Waals surface area contributed by atoms with Crippen molar-refractivity contribution in [1.82, 2.24) is 14.9 Å². The molecule has 3 heterocycles. The number of ether oxygens (including phenoxy) is 1. The molecule has 1 aliphatic heterocycles. The standard InChI is InChI=1S/C13H21N3O.C5H5NO/c1-12-11-15(8-9-17-2)6-7-16(12)13-4-3-5-14-10-13;7-5-3-1-2-4-6-5/h3-5,10,12H,6-9,11H2,1-2H3;1-4H,(H,6,7). The van der Waals surface area contributed by atoms with E-state index in [9.17, 15) is 4.79 Å². The first kappa shape index (κ1) is 18.2. The van der Waals surface area contributed by atoms with Crippen LogP contribution in [0.5, 0.6) is 0 Å². The number of hydrogen-bond donors (Lipinski definition) is 1. The number of aromatic amines is 1. The van der Waals surface area contributed by atoms with Crippen LogP contribution in [0.15, 0.2) is 53.7 Å². The van der Waals surface area contributed by atoms with Crippen LogP contribution in [0, 0.1) is 0 Å². The zero-order chi connectivity index (χ0) is 17.2. The van der Waals surface area contributed by atoms with Crippen LogP contribution < -0.4 is 10.5 Å². The van der Waals surface area contributed by atoms with Crippen molar-refractivity contribution in [2.24, 2.45) is 0 Å². The van der Waals surface area contributed by atoms with E-state index in [4.69, 9.17) is 4.74 Å². The summed E-state index contributed by atoms with van der Waals surface area (Å²) in [7, 11) is 1.76. The van der Waals surface area contributed by atoms with Crippen LogP contribution in [-0.2, 0) is 4.74 Å². The molecule has 0 spiro atoms. The van der Waals surface area contributed by atoms with Crippen LogP contribution in [0.3, 0.4) is 0 Å². The number of H-pyrrole nitrogens is 1. The van der Waals surface area contributed by atoms with Gasteiger partial charge in [0.2, 0.25) is 5.56 Å². The van der Waals surface area contributed by atoms with Gasteiger partial charge in [-0.15, -0.1) is 0 Å². The molecule has 1 unspecified atom stereocenters. The predicted octanol–water partition coefficient (Wildman–Crippen LogP) is 1.61. The molecule has 0 saturated carbocycles. The van der Waals surface area contributed by atoms with Crippen molar-refractivity contribution in [3.63, 3.8) is 0 Å². The molecule has 1 fully saturated rings. The summed E-state index contributed by atoms with van der Waals surface area (Å²) in [6, 6.07) is 9.60. The van der Waals surface area contributed by atoms with Crippen LogP contribution in [0.1, 0.15) is 6.92 Å². The fourth-order valence-corrected chi connectivity index (χ4v) is 2.74. The fraction of sp³-hybridized carbons (Fsp3) is 0.444. The summed E-state index contributed by atoms with van der Waals surface area (Å²) in [4.78, 5) is 21.8. The molecule has 24 heavy (non-hydrogen) atoms. The van der Waals surface area contributed by atoms with Gasteiger partial charge in [-0.1, -0.05) is 6.07 Å². The summed E-state index contributed by atoms with van der Waals surface area (Å²) >= 11 is 0. The maximum atomic E-state index is 10.2. The number of hydrogen-bond acceptors (Lipinski definition) is 5. The Morgan fingerprint density at radius 2 is 2.17 bits per heavy atom. The first-order valence-electron chi connectivity index (χ1n) is 8.22. The lowest BCUT2D eigenvalue weighted by molar-refractivity contribution is 0.136. The molecule has 0 bridgehead atoms. The average molecular weight is 330 g/mol. The Morgan fingerprint density at radius 3 is 2.71 bits per heavy atom. The van der Waals surface area contributed by atoms with Gasteiger partial charge in [-0.05, 0) is 25.1 Å². The minimum Gasteiger partial charge on any atom is -0.383 e. The van der Waals surface area contributed by atoms with Crippen molar-refractivity contribution < 1.29 is 4.74 Å². The molecule has 2 aromatic heterocycles. The molecular formula is C18H26N4O2. The van der Waals surface area contributed by atoms with Gasteiger partial charge in [0.05, 0.1) is 18.5 Å². The first-order chi connectivity index (χ1) is 11.7. The van der Waals surface area contributed by atoms with E-state index in [1.54, 1.807) is 25.4 Å². The molecule has 0 aliphatic carbocycles. The third kappa shape index (κ3) is 5.79. The maximum Gasteiger partial charge on any atom is 0.247 e. The normalized spacial score (nSPS) is 17.9. The lowest BCUT2D eigenvalue weighted by Gasteiger charge is -2.41. The average Bonchev–Trinajstić information content (AvgIpc) is 2.62. The monoisotopic (exact) mass is 330 g/mol. The Bertz CT molecular complexity index is 615. The topological polar surface area (TPSA) is 61.5 Å². The molecule has 1 aliphatic rings. The largest absolute Gasteiger partial charge is 0.383 e. The Labute approximate surface area is 143 Å². The molecule has 0 radical (unpaired) electrons. The first-order valence-corrected chi connectivity index (χ1v) is 8.22. The second-order valence-corrected chi connectivity index (χ2v) is 5.77. The number of nitrogens with zero attached hydrogens (tertiary/aromatic N) is 3. The second kappa shape index (κ2) is 9.85. The number of anilines is 1. The zero-order valence-electron chi connectivity index (χ0n) is 14.4. The summed E-state index contributed by atoms with van der Waals surface area (Å²) in [5, 5.41) is 0. The number of methoxy groups -OCH3 is 1. The Balaban J connectivity index is 0.000000249. The van der Waals surface area contributed by atoms with Crippen LogP contribution in [0.2, 0.25) is 0 Å². The van der Waals surface area contributed by atoms with Gasteiger partial charge in [0, 0.05) is 57.8 Å². The molecule has 1 N–H and O–H groups in total. The second-order valence-electron chi connectivity index (χ2n) is 5.77. The van der Waals surface area contributed by atoms with E-state index in [1.807, 2.05) is 18.5 Å². The number of aromatic nitrogens is 2. The van der Waals surface area contributed by atoms with E-state index in [0.29, 0.717) is 6.04 Å². The van der Waals surface area contributed by atoms with Crippen LogP contribution >= 0.6 is 0 Å². The number of rotatable bonds is 4. The molecule has 1 atom stereocenters. The summed E-state index contributed by atoms with van der Waals surface area (Å²) < 4.78 is 5.13. The SMILES string of the molecule is COCCN1CCN(c2cccnc2)C(C)C1.O=c1cccc[nH]1. The molecule has 6 heteroatoms. The van der Waals surface area contributed by atoms with Gasteiger partial charge in [-0.25, -0.2) is 0 Å². The van der Waals surface area contributed by atoms with E-state index in [-0.39, 0.29) is 5.56 Å². The fourth-order valence-electron chi connectivity index (χ4n) is 2.74. The van der Waals surface area contributed by atoms with Crippen molar-refractivity contribution in [2.45, 2.75) is 13.0 Å². The van der Waals surface area contributed by atoms with Crippen LogP contribution in [0.25, 0.3) is 0 Å². The highest BCUT2D eigenvalue weighted by atomic mass is 16.5. The van der Waals surface area contributed by atoms with Gasteiger partial charge < -0.3 is 14.6 Å². The van der Waals surface area contributed by atoms with Crippen molar-refractivity contribution >= 4 is 5.69 Å². The summed E-state index contributed by atoms with van der Waals surface area (Å²) in [6.45, 7) is 7.38. The van der Waals surface area contributed by atoms with E-state index >= 15 is 0 Å². The molecule has 0 aromatic carbocycles. The highest BCUT2D eigenvalue weighted by Gasteiger charge is 2.23. The summed E-state index contributed by atoms with van der Waals surface area (Å²) in [6.07, 6.45) is 5.37. The maximum absolute atomic E-state index is 10.2. The van der Waals surface area contributed by atoms with Gasteiger partial charge in [0.25, 0.3) is 0 Å². The molecule has 1 saturated heterocycles. The van der Waals surface area contributed by atoms with Crippen molar-refractivity contribution in [3.05, 3.63) is 59.3 Å². The van der Waals surface area contributed by atoms with E-state index < -0.39 is 0 Å². The van der Waals surface area contributed by atoms with Gasteiger partial charge in [-0.2, -0.15) is 0 Å². The minimum absolute atomic E-state index is 0.0532. The molecule has 0 amide bonds. The third-order valence-electron chi connectivity index (χ3n) is 3.98. The van der Waals surface area contributed by atoms with Crippen molar-refractivity contribution in [1.29, 1.82) is 0 Å². The van der Waals surface area contributed by atoms with E-state index in [2.05, 4.69) is 32.8 Å². The van der Waals surface area contributed by atoms with Crippen LogP contribution in [0.4, 0.5) is 5.69 Å². The van der Waals surface area contributed by atoms with Crippen molar-refractivity contribution in [2.75, 3.05) is 44.8 Å². The van der Waals surface area contributed by atoms with Gasteiger partial charge >= 0.3 is 0 Å². The minimum atomic E-state index is -0.0532. The van der Waals surface area contributed by atoms with Gasteiger partial charge in [0.15, 0.2) is 0 Å². The smallest absolute Gasteiger partial charge is 0.247 e. The Morgan fingerprint density at radius 1 is 1.29 bits per heavy atom.